The summed E-state index contributed by atoms with van der Waals surface area (Å²) in [5.74, 6) is 0.918. The van der Waals surface area contributed by atoms with Gasteiger partial charge in [0.1, 0.15) is 10.6 Å². The molecule has 6 heteroatoms. The molecule has 0 aliphatic heterocycles. The summed E-state index contributed by atoms with van der Waals surface area (Å²) in [6, 6.07) is 0.479. The van der Waals surface area contributed by atoms with Crippen LogP contribution in [0.15, 0.2) is 0 Å². The maximum Gasteiger partial charge on any atom is 0.257 e. The molecule has 5 nitrogen and oxygen atoms in total. The molecule has 1 aromatic heterocycles. The topological polar surface area (TPSA) is 71.2 Å². The lowest BCUT2D eigenvalue weighted by molar-refractivity contribution is 0.0964. The van der Waals surface area contributed by atoms with E-state index in [0.717, 1.165) is 10.9 Å². The highest BCUT2D eigenvalue weighted by Crippen LogP contribution is 2.35. The predicted octanol–water partition coefficient (Wildman–Crippen LogP) is 2.10. The Morgan fingerprint density at radius 2 is 2.26 bits per heavy atom. The van der Waals surface area contributed by atoms with E-state index in [4.69, 9.17) is 5.73 Å². The van der Waals surface area contributed by atoms with Gasteiger partial charge in [-0.05, 0) is 30.3 Å². The van der Waals surface area contributed by atoms with Gasteiger partial charge in [-0.3, -0.25) is 4.79 Å². The van der Waals surface area contributed by atoms with E-state index in [9.17, 15) is 4.79 Å². The maximum atomic E-state index is 11.9. The van der Waals surface area contributed by atoms with Crippen LogP contribution in [-0.4, -0.2) is 30.4 Å². The third-order valence-corrected chi connectivity index (χ3v) is 4.88. The maximum absolute atomic E-state index is 11.9. The molecule has 1 fully saturated rings. The van der Waals surface area contributed by atoms with Crippen LogP contribution in [0.2, 0.25) is 0 Å². The lowest BCUT2D eigenvalue weighted by atomic mass is 9.86. The lowest BCUT2D eigenvalue weighted by Crippen LogP contribution is -2.36. The Morgan fingerprint density at radius 1 is 1.53 bits per heavy atom. The standard InChI is InChI=1S/C13H22N4OS/c1-8-5-4-6-9(7-8)17(3)13-10(12(18)15-2)11(14)16-19-13/h8-9H,4-7H2,1-3H3,(H2,14,16)(H,15,18). The summed E-state index contributed by atoms with van der Waals surface area (Å²) < 4.78 is 4.14. The van der Waals surface area contributed by atoms with Crippen molar-refractivity contribution in [2.45, 2.75) is 38.6 Å². The molecule has 0 saturated heterocycles. The lowest BCUT2D eigenvalue weighted by Gasteiger charge is -2.34. The molecule has 0 bridgehead atoms. The van der Waals surface area contributed by atoms with Crippen molar-refractivity contribution in [3.8, 4) is 0 Å². The van der Waals surface area contributed by atoms with Gasteiger partial charge in [0.05, 0.1) is 0 Å². The Kier molecular flexibility index (Phi) is 4.29. The Hall–Kier alpha value is -1.30. The highest BCUT2D eigenvalue weighted by Gasteiger charge is 2.28. The van der Waals surface area contributed by atoms with Gasteiger partial charge in [0.2, 0.25) is 0 Å². The van der Waals surface area contributed by atoms with Gasteiger partial charge in [-0.1, -0.05) is 19.8 Å². The molecule has 106 valence electrons. The van der Waals surface area contributed by atoms with Crippen molar-refractivity contribution in [1.82, 2.24) is 9.69 Å². The molecule has 0 aromatic carbocycles. The van der Waals surface area contributed by atoms with E-state index in [1.807, 2.05) is 7.05 Å². The van der Waals surface area contributed by atoms with Crippen LogP contribution in [-0.2, 0) is 0 Å². The number of carbonyl (C=O) groups excluding carboxylic acids is 1. The minimum Gasteiger partial charge on any atom is -0.382 e. The number of hydrogen-bond acceptors (Lipinski definition) is 5. The number of carbonyl (C=O) groups is 1. The average Bonchev–Trinajstić information content (AvgIpc) is 2.79. The average molecular weight is 282 g/mol. The number of hydrogen-bond donors (Lipinski definition) is 2. The molecular formula is C13H22N4OS. The summed E-state index contributed by atoms with van der Waals surface area (Å²) in [5.41, 5.74) is 6.35. The summed E-state index contributed by atoms with van der Waals surface area (Å²) in [4.78, 5) is 14.1. The van der Waals surface area contributed by atoms with Gasteiger partial charge in [-0.2, -0.15) is 4.37 Å². The molecule has 0 radical (unpaired) electrons. The molecule has 1 aromatic rings. The number of nitrogens with two attached hydrogens (primary N) is 1. The second-order valence-electron chi connectivity index (χ2n) is 5.36. The molecule has 1 aliphatic rings. The van der Waals surface area contributed by atoms with Crippen molar-refractivity contribution in [1.29, 1.82) is 0 Å². The third kappa shape index (κ3) is 2.83. The van der Waals surface area contributed by atoms with E-state index in [1.54, 1.807) is 7.05 Å². The molecule has 1 aliphatic carbocycles. The smallest absolute Gasteiger partial charge is 0.257 e. The van der Waals surface area contributed by atoms with Crippen LogP contribution in [0.4, 0.5) is 10.8 Å². The van der Waals surface area contributed by atoms with E-state index in [0.29, 0.717) is 17.4 Å². The van der Waals surface area contributed by atoms with Crippen LogP contribution >= 0.6 is 11.5 Å². The van der Waals surface area contributed by atoms with E-state index in [1.165, 1.54) is 37.2 Å². The molecule has 19 heavy (non-hydrogen) atoms. The Morgan fingerprint density at radius 3 is 2.89 bits per heavy atom. The van der Waals surface area contributed by atoms with Gasteiger partial charge in [0.25, 0.3) is 5.91 Å². The van der Waals surface area contributed by atoms with Crippen molar-refractivity contribution in [3.63, 3.8) is 0 Å². The van der Waals surface area contributed by atoms with Crippen molar-refractivity contribution < 1.29 is 4.79 Å². The number of nitrogens with zero attached hydrogens (tertiary/aromatic N) is 2. The minimum atomic E-state index is -0.156. The van der Waals surface area contributed by atoms with Crippen molar-refractivity contribution in [2.24, 2.45) is 5.92 Å². The number of anilines is 2. The van der Waals surface area contributed by atoms with Crippen LogP contribution in [0.25, 0.3) is 0 Å². The van der Waals surface area contributed by atoms with Gasteiger partial charge in [-0.15, -0.1) is 0 Å². The first kappa shape index (κ1) is 14.1. The first-order chi connectivity index (χ1) is 9.04. The minimum absolute atomic E-state index is 0.156. The molecule has 1 amide bonds. The quantitative estimate of drug-likeness (QED) is 0.890. The Labute approximate surface area is 118 Å². The van der Waals surface area contributed by atoms with Gasteiger partial charge in [0.15, 0.2) is 5.82 Å². The van der Waals surface area contributed by atoms with Crippen LogP contribution in [0.1, 0.15) is 43.0 Å². The predicted molar refractivity (Wildman–Crippen MR) is 79.7 cm³/mol. The van der Waals surface area contributed by atoms with Gasteiger partial charge >= 0.3 is 0 Å². The van der Waals surface area contributed by atoms with E-state index < -0.39 is 0 Å². The van der Waals surface area contributed by atoms with Crippen molar-refractivity contribution in [2.75, 3.05) is 24.7 Å². The number of nitrogen functional groups attached to an aromatic ring is 1. The number of nitrogens with one attached hydrogen (secondary N) is 1. The summed E-state index contributed by atoms with van der Waals surface area (Å²) in [6.45, 7) is 2.29. The second kappa shape index (κ2) is 5.77. The molecular weight excluding hydrogens is 260 g/mol. The van der Waals surface area contributed by atoms with Gasteiger partial charge in [0, 0.05) is 20.1 Å². The summed E-state index contributed by atoms with van der Waals surface area (Å²) >= 11 is 1.31. The zero-order valence-electron chi connectivity index (χ0n) is 11.8. The molecule has 1 saturated carbocycles. The molecule has 0 spiro atoms. The highest BCUT2D eigenvalue weighted by atomic mass is 32.1. The number of amides is 1. The van der Waals surface area contributed by atoms with Crippen LogP contribution < -0.4 is 16.0 Å². The highest BCUT2D eigenvalue weighted by molar-refractivity contribution is 7.11. The van der Waals surface area contributed by atoms with E-state index in [-0.39, 0.29) is 5.91 Å². The van der Waals surface area contributed by atoms with Gasteiger partial charge in [-0.25, -0.2) is 0 Å². The fraction of sp³-hybridized carbons (Fsp3) is 0.692. The number of aromatic nitrogens is 1. The molecule has 2 rings (SSSR count). The largest absolute Gasteiger partial charge is 0.382 e. The van der Waals surface area contributed by atoms with Crippen LogP contribution in [0.5, 0.6) is 0 Å². The number of rotatable bonds is 3. The fourth-order valence-corrected chi connectivity index (χ4v) is 3.63. The monoisotopic (exact) mass is 282 g/mol. The van der Waals surface area contributed by atoms with Crippen LogP contribution in [0.3, 0.4) is 0 Å². The molecule has 2 atom stereocenters. The van der Waals surface area contributed by atoms with E-state index in [2.05, 4.69) is 21.5 Å². The zero-order chi connectivity index (χ0) is 14.0. The fourth-order valence-electron chi connectivity index (χ4n) is 2.79. The van der Waals surface area contributed by atoms with E-state index >= 15 is 0 Å². The third-order valence-electron chi connectivity index (χ3n) is 3.93. The summed E-state index contributed by atoms with van der Waals surface area (Å²) in [6.07, 6.45) is 4.89. The van der Waals surface area contributed by atoms with Crippen LogP contribution in [0, 0.1) is 5.92 Å². The Bertz CT molecular complexity index is 459. The summed E-state index contributed by atoms with van der Waals surface area (Å²) in [5, 5.41) is 3.52. The normalized spacial score (nSPS) is 23.1. The molecule has 3 N–H and O–H groups in total. The first-order valence-corrected chi connectivity index (χ1v) is 7.52. The van der Waals surface area contributed by atoms with Crippen molar-refractivity contribution >= 4 is 28.3 Å². The molecule has 2 unspecified atom stereocenters. The Balaban J connectivity index is 2.23. The first-order valence-electron chi connectivity index (χ1n) is 6.74. The van der Waals surface area contributed by atoms with Gasteiger partial charge < -0.3 is 16.0 Å². The zero-order valence-corrected chi connectivity index (χ0v) is 12.6. The van der Waals surface area contributed by atoms with Crippen molar-refractivity contribution in [3.05, 3.63) is 5.56 Å². The summed E-state index contributed by atoms with van der Waals surface area (Å²) in [7, 11) is 3.66. The SMILES string of the molecule is CNC(=O)c1c(N)nsc1N(C)C1CCCC(C)C1. The molecule has 1 heterocycles. The second-order valence-corrected chi connectivity index (χ2v) is 6.12.